The highest BCUT2D eigenvalue weighted by Crippen LogP contribution is 2.19. The molecule has 0 aliphatic carbocycles. The second-order valence-corrected chi connectivity index (χ2v) is 6.90. The number of amides is 2. The Labute approximate surface area is 186 Å². The minimum Gasteiger partial charge on any atom is -0.464 e. The molecule has 0 aliphatic rings. The van der Waals surface area contributed by atoms with Gasteiger partial charge in [-0.2, -0.15) is 5.01 Å². The quantitative estimate of drug-likeness (QED) is 0.289. The third kappa shape index (κ3) is 6.31. The number of Topliss-reactive ketones (excluding diaryl/α,β-unsaturated/α-hetero) is 1. The van der Waals surface area contributed by atoms with Crippen LogP contribution in [0.25, 0.3) is 0 Å². The van der Waals surface area contributed by atoms with Crippen LogP contribution in [0.15, 0.2) is 60.7 Å². The number of carbonyl (C=O) groups excluding carboxylic acids is 4. The molecule has 2 aromatic carbocycles. The van der Waals surface area contributed by atoms with Crippen LogP contribution < -0.4 is 5.43 Å². The molecule has 0 saturated carbocycles. The Morgan fingerprint density at radius 2 is 1.34 bits per heavy atom. The van der Waals surface area contributed by atoms with Crippen LogP contribution in [0.5, 0.6) is 0 Å². The van der Waals surface area contributed by atoms with Crippen molar-refractivity contribution >= 4 is 23.9 Å². The summed E-state index contributed by atoms with van der Waals surface area (Å²) in [7, 11) is 0. The van der Waals surface area contributed by atoms with Gasteiger partial charge in [0, 0.05) is 0 Å². The van der Waals surface area contributed by atoms with E-state index < -0.39 is 29.5 Å². The van der Waals surface area contributed by atoms with Crippen molar-refractivity contribution in [2.45, 2.75) is 39.5 Å². The van der Waals surface area contributed by atoms with Gasteiger partial charge in [-0.25, -0.2) is 19.8 Å². The zero-order valence-corrected chi connectivity index (χ0v) is 18.2. The fraction of sp³-hybridized carbons (Fsp3) is 0.304. The first-order chi connectivity index (χ1) is 15.3. The van der Waals surface area contributed by atoms with Gasteiger partial charge < -0.3 is 14.2 Å². The zero-order chi connectivity index (χ0) is 23.6. The van der Waals surface area contributed by atoms with E-state index in [0.29, 0.717) is 16.1 Å². The van der Waals surface area contributed by atoms with Gasteiger partial charge in [0.25, 0.3) is 0 Å². The molecule has 9 nitrogen and oxygen atoms in total. The van der Waals surface area contributed by atoms with Crippen molar-refractivity contribution in [3.05, 3.63) is 71.8 Å². The van der Waals surface area contributed by atoms with E-state index in [1.54, 1.807) is 61.5 Å². The van der Waals surface area contributed by atoms with Crippen molar-refractivity contribution in [1.82, 2.24) is 10.4 Å². The molecule has 0 fully saturated rings. The average Bonchev–Trinajstić information content (AvgIpc) is 2.80. The topological polar surface area (TPSA) is 111 Å². The van der Waals surface area contributed by atoms with Crippen LogP contribution in [-0.4, -0.2) is 41.1 Å². The van der Waals surface area contributed by atoms with Gasteiger partial charge >= 0.3 is 18.2 Å². The van der Waals surface area contributed by atoms with E-state index in [1.807, 2.05) is 6.07 Å². The Kier molecular flexibility index (Phi) is 8.76. The van der Waals surface area contributed by atoms with Crippen LogP contribution in [0, 0.1) is 0 Å². The standard InChI is InChI=1S/C23H26N2O7/c1-4-30-20(27)23(3,17(2)26)25(22(29)32-16-19-13-9-6-10-14-19)24-21(28)31-15-18-11-7-5-8-12-18/h5-14H,4,15-16H2,1-3H3,(H,24,28)/t23-/m1/s1. The van der Waals surface area contributed by atoms with Gasteiger partial charge in [0.2, 0.25) is 5.54 Å². The van der Waals surface area contributed by atoms with E-state index in [1.165, 1.54) is 0 Å². The molecule has 1 N–H and O–H groups in total. The molecule has 2 aromatic rings. The highest BCUT2D eigenvalue weighted by atomic mass is 16.6. The predicted molar refractivity (Wildman–Crippen MR) is 114 cm³/mol. The molecular weight excluding hydrogens is 416 g/mol. The van der Waals surface area contributed by atoms with E-state index >= 15 is 0 Å². The summed E-state index contributed by atoms with van der Waals surface area (Å²) in [6.07, 6.45) is -2.18. The first-order valence-electron chi connectivity index (χ1n) is 9.95. The lowest BCUT2D eigenvalue weighted by Crippen LogP contribution is -2.66. The van der Waals surface area contributed by atoms with E-state index in [0.717, 1.165) is 13.8 Å². The molecule has 170 valence electrons. The molecule has 0 heterocycles. The van der Waals surface area contributed by atoms with Crippen molar-refractivity contribution in [2.24, 2.45) is 0 Å². The number of esters is 1. The largest absolute Gasteiger partial charge is 0.464 e. The Morgan fingerprint density at radius 3 is 1.81 bits per heavy atom. The third-order valence-corrected chi connectivity index (χ3v) is 4.61. The normalized spacial score (nSPS) is 12.1. The summed E-state index contributed by atoms with van der Waals surface area (Å²) in [4.78, 5) is 50.3. The number of rotatable bonds is 8. The second-order valence-electron chi connectivity index (χ2n) is 6.90. The van der Waals surface area contributed by atoms with Gasteiger partial charge in [0.15, 0.2) is 5.78 Å². The smallest absolute Gasteiger partial charge is 0.430 e. The molecule has 9 heteroatoms. The summed E-state index contributed by atoms with van der Waals surface area (Å²) in [5, 5.41) is 0.504. The van der Waals surface area contributed by atoms with Gasteiger partial charge in [-0.1, -0.05) is 60.7 Å². The molecule has 0 saturated heterocycles. The van der Waals surface area contributed by atoms with Crippen LogP contribution >= 0.6 is 0 Å². The van der Waals surface area contributed by atoms with Crippen molar-refractivity contribution in [2.75, 3.05) is 6.61 Å². The van der Waals surface area contributed by atoms with Crippen molar-refractivity contribution in [3.63, 3.8) is 0 Å². The number of ketones is 1. The predicted octanol–water partition coefficient (Wildman–Crippen LogP) is 3.38. The fourth-order valence-electron chi connectivity index (χ4n) is 2.63. The molecule has 2 rings (SSSR count). The Balaban J connectivity index is 2.21. The third-order valence-electron chi connectivity index (χ3n) is 4.61. The van der Waals surface area contributed by atoms with Crippen molar-refractivity contribution < 1.29 is 33.4 Å². The second kappa shape index (κ2) is 11.5. The number of hydrazine groups is 1. The Bertz CT molecular complexity index is 934. The van der Waals surface area contributed by atoms with Crippen molar-refractivity contribution in [3.8, 4) is 0 Å². The molecule has 32 heavy (non-hydrogen) atoms. The first kappa shape index (κ1) is 24.4. The maximum absolute atomic E-state index is 12.9. The molecule has 0 unspecified atom stereocenters. The average molecular weight is 442 g/mol. The highest BCUT2D eigenvalue weighted by Gasteiger charge is 2.50. The van der Waals surface area contributed by atoms with E-state index in [2.05, 4.69) is 5.43 Å². The summed E-state index contributed by atoms with van der Waals surface area (Å²) < 4.78 is 15.3. The van der Waals surface area contributed by atoms with Gasteiger partial charge in [0.05, 0.1) is 6.61 Å². The monoisotopic (exact) mass is 442 g/mol. The lowest BCUT2D eigenvalue weighted by molar-refractivity contribution is -0.161. The summed E-state index contributed by atoms with van der Waals surface area (Å²) >= 11 is 0. The molecule has 0 bridgehead atoms. The van der Waals surface area contributed by atoms with Crippen LogP contribution in [-0.2, 0) is 37.0 Å². The van der Waals surface area contributed by atoms with E-state index in [9.17, 15) is 19.2 Å². The lowest BCUT2D eigenvalue weighted by atomic mass is 9.97. The van der Waals surface area contributed by atoms with Gasteiger partial charge in [0.1, 0.15) is 13.2 Å². The number of ether oxygens (including phenoxy) is 3. The number of benzene rings is 2. The Hall–Kier alpha value is -3.88. The molecule has 1 atom stereocenters. The van der Waals surface area contributed by atoms with Gasteiger partial charge in [-0.3, -0.25) is 4.79 Å². The fourth-order valence-corrected chi connectivity index (χ4v) is 2.63. The van der Waals surface area contributed by atoms with E-state index in [4.69, 9.17) is 14.2 Å². The zero-order valence-electron chi connectivity index (χ0n) is 18.2. The molecule has 0 aromatic heterocycles. The number of nitrogens with zero attached hydrogens (tertiary/aromatic N) is 1. The number of hydrogen-bond acceptors (Lipinski definition) is 7. The number of nitrogens with one attached hydrogen (secondary N) is 1. The van der Waals surface area contributed by atoms with Crippen LogP contribution in [0.2, 0.25) is 0 Å². The minimum absolute atomic E-state index is 0.0347. The molecule has 0 aliphatic heterocycles. The van der Waals surface area contributed by atoms with Crippen LogP contribution in [0.1, 0.15) is 31.9 Å². The number of carbonyl (C=O) groups is 4. The Morgan fingerprint density at radius 1 is 0.844 bits per heavy atom. The summed E-state index contributed by atoms with van der Waals surface area (Å²) in [5.41, 5.74) is 1.37. The molecule has 2 amide bonds. The van der Waals surface area contributed by atoms with Crippen LogP contribution in [0.3, 0.4) is 0 Å². The lowest BCUT2D eigenvalue weighted by Gasteiger charge is -2.35. The van der Waals surface area contributed by atoms with E-state index in [-0.39, 0.29) is 19.8 Å². The summed E-state index contributed by atoms with van der Waals surface area (Å²) in [6, 6.07) is 17.6. The van der Waals surface area contributed by atoms with Crippen molar-refractivity contribution in [1.29, 1.82) is 0 Å². The van der Waals surface area contributed by atoms with Gasteiger partial charge in [-0.05, 0) is 31.9 Å². The maximum atomic E-state index is 12.9. The SMILES string of the molecule is CCOC(=O)[C@@](C)(C(C)=O)N(NC(=O)OCc1ccccc1)C(=O)OCc1ccccc1. The molecular formula is C23H26N2O7. The molecule has 0 spiro atoms. The van der Waals surface area contributed by atoms with Crippen LogP contribution in [0.4, 0.5) is 9.59 Å². The molecule has 0 radical (unpaired) electrons. The maximum Gasteiger partial charge on any atom is 0.430 e. The number of hydrogen-bond donors (Lipinski definition) is 1. The summed E-state index contributed by atoms with van der Waals surface area (Å²) in [6.45, 7) is 3.55. The van der Waals surface area contributed by atoms with Gasteiger partial charge in [-0.15, -0.1) is 0 Å². The highest BCUT2D eigenvalue weighted by molar-refractivity contribution is 6.09. The summed E-state index contributed by atoms with van der Waals surface area (Å²) in [5.74, 6) is -1.76. The minimum atomic E-state index is -2.17. The first-order valence-corrected chi connectivity index (χ1v) is 9.95.